The van der Waals surface area contributed by atoms with Gasteiger partial charge in [-0.05, 0) is 12.8 Å². The van der Waals surface area contributed by atoms with Crippen LogP contribution in [0.4, 0.5) is 0 Å². The van der Waals surface area contributed by atoms with E-state index < -0.39 is 0 Å². The molecule has 2 nitrogen and oxygen atoms in total. The molecular formula is C10H13NOS. The van der Waals surface area contributed by atoms with Crippen LogP contribution in [0.2, 0.25) is 0 Å². The van der Waals surface area contributed by atoms with Crippen molar-refractivity contribution in [2.24, 2.45) is 0 Å². The van der Waals surface area contributed by atoms with Crippen molar-refractivity contribution in [1.82, 2.24) is 4.98 Å². The van der Waals surface area contributed by atoms with E-state index in [9.17, 15) is 4.79 Å². The molecule has 0 unspecified atom stereocenters. The molecule has 0 bridgehead atoms. The number of aromatic nitrogens is 1. The molecule has 0 amide bonds. The molecule has 1 aromatic heterocycles. The minimum absolute atomic E-state index is 0.00889. The van der Waals surface area contributed by atoms with E-state index in [0.29, 0.717) is 10.7 Å². The average molecular weight is 195 g/mol. The van der Waals surface area contributed by atoms with Crippen LogP contribution >= 0.6 is 11.3 Å². The summed E-state index contributed by atoms with van der Waals surface area (Å²) in [7, 11) is 0. The molecule has 0 aliphatic rings. The third kappa shape index (κ3) is 3.86. The molecule has 1 rings (SSSR count). The topological polar surface area (TPSA) is 30.0 Å². The van der Waals surface area contributed by atoms with Crippen LogP contribution in [0.15, 0.2) is 5.38 Å². The minimum atomic E-state index is -0.00889. The summed E-state index contributed by atoms with van der Waals surface area (Å²) in [5.74, 6) is 5.50. The number of carbonyl (C=O) groups is 1. The molecule has 0 radical (unpaired) electrons. The summed E-state index contributed by atoms with van der Waals surface area (Å²) < 4.78 is 0. The summed E-state index contributed by atoms with van der Waals surface area (Å²) in [5.41, 5.74) is 0.507. The van der Waals surface area contributed by atoms with Crippen LogP contribution in [0.3, 0.4) is 0 Å². The molecule has 0 saturated carbocycles. The lowest BCUT2D eigenvalue weighted by Gasteiger charge is -1.80. The highest BCUT2D eigenvalue weighted by Crippen LogP contribution is 2.08. The fourth-order valence-electron chi connectivity index (χ4n) is 0.600. The van der Waals surface area contributed by atoms with Crippen molar-refractivity contribution in [3.63, 3.8) is 0 Å². The number of hydrogen-bond acceptors (Lipinski definition) is 3. The molecule has 0 atom stereocenters. The van der Waals surface area contributed by atoms with Crippen LogP contribution in [0.1, 0.15) is 43.2 Å². The molecule has 0 aliphatic carbocycles. The first-order valence-electron chi connectivity index (χ1n) is 4.13. The first kappa shape index (κ1) is 11.9. The first-order valence-corrected chi connectivity index (χ1v) is 5.01. The number of nitrogens with zero attached hydrogens (tertiary/aromatic N) is 1. The second-order valence-electron chi connectivity index (χ2n) is 1.97. The van der Waals surface area contributed by atoms with E-state index in [2.05, 4.69) is 16.8 Å². The highest BCUT2D eigenvalue weighted by Gasteiger charge is 2.02. The summed E-state index contributed by atoms with van der Waals surface area (Å²) in [4.78, 5) is 14.8. The predicted octanol–water partition coefficient (Wildman–Crippen LogP) is 2.74. The van der Waals surface area contributed by atoms with Crippen LogP contribution in [0.25, 0.3) is 0 Å². The summed E-state index contributed by atoms with van der Waals surface area (Å²) >= 11 is 1.40. The van der Waals surface area contributed by atoms with Gasteiger partial charge in [-0.25, -0.2) is 4.98 Å². The maximum atomic E-state index is 10.8. The fraction of sp³-hybridized carbons (Fsp3) is 0.400. The van der Waals surface area contributed by atoms with Crippen LogP contribution in [0, 0.1) is 11.8 Å². The zero-order valence-corrected chi connectivity index (χ0v) is 9.16. The van der Waals surface area contributed by atoms with E-state index in [1.165, 1.54) is 18.3 Å². The van der Waals surface area contributed by atoms with Crippen LogP contribution < -0.4 is 0 Å². The zero-order valence-electron chi connectivity index (χ0n) is 8.34. The number of ketones is 1. The summed E-state index contributed by atoms with van der Waals surface area (Å²) in [5, 5.41) is 2.43. The molecular weight excluding hydrogens is 182 g/mol. The molecule has 0 spiro atoms. The maximum absolute atomic E-state index is 10.8. The molecule has 0 aliphatic heterocycles. The third-order valence-corrected chi connectivity index (χ3v) is 1.85. The lowest BCUT2D eigenvalue weighted by Crippen LogP contribution is -1.90. The number of thiazole rings is 1. The van der Waals surface area contributed by atoms with E-state index in [-0.39, 0.29) is 5.78 Å². The number of Topliss-reactive ketones (excluding diaryl/α,β-unsaturated/α-hetero) is 1. The Morgan fingerprint density at radius 3 is 2.54 bits per heavy atom. The van der Waals surface area contributed by atoms with Gasteiger partial charge in [0.05, 0.1) is 0 Å². The molecule has 0 saturated heterocycles. The van der Waals surface area contributed by atoms with Crippen molar-refractivity contribution in [2.75, 3.05) is 0 Å². The van der Waals surface area contributed by atoms with Crippen molar-refractivity contribution in [1.29, 1.82) is 0 Å². The van der Waals surface area contributed by atoms with Gasteiger partial charge in [-0.1, -0.05) is 19.8 Å². The smallest absolute Gasteiger partial charge is 0.179 e. The Balaban J connectivity index is 0.000000671. The Morgan fingerprint density at radius 2 is 2.15 bits per heavy atom. The maximum Gasteiger partial charge on any atom is 0.179 e. The molecule has 3 heteroatoms. The second-order valence-corrected chi connectivity index (χ2v) is 2.83. The second kappa shape index (κ2) is 6.38. The van der Waals surface area contributed by atoms with Crippen molar-refractivity contribution in [3.8, 4) is 11.8 Å². The molecule has 13 heavy (non-hydrogen) atoms. The lowest BCUT2D eigenvalue weighted by molar-refractivity contribution is 0.101. The number of carbonyl (C=O) groups excluding carboxylic acids is 1. The first-order chi connectivity index (χ1) is 6.24. The summed E-state index contributed by atoms with van der Waals surface area (Å²) in [6.07, 6.45) is 0. The Hall–Kier alpha value is -1.14. The van der Waals surface area contributed by atoms with E-state index in [4.69, 9.17) is 0 Å². The summed E-state index contributed by atoms with van der Waals surface area (Å²) in [6, 6.07) is 0. The quantitative estimate of drug-likeness (QED) is 0.509. The molecule has 70 valence electrons. The highest BCUT2D eigenvalue weighted by molar-refractivity contribution is 7.10. The van der Waals surface area contributed by atoms with Gasteiger partial charge in [0.25, 0.3) is 0 Å². The van der Waals surface area contributed by atoms with Gasteiger partial charge in [-0.2, -0.15) is 0 Å². The Morgan fingerprint density at radius 1 is 1.54 bits per heavy atom. The molecule has 0 aromatic carbocycles. The van der Waals surface area contributed by atoms with Crippen molar-refractivity contribution in [3.05, 3.63) is 16.1 Å². The standard InChI is InChI=1S/C8H7NOS.C2H6/c1-3-4-8-9-7(5-11-8)6(2)10;1-2/h5H,1-2H3;1-2H3. The normalized spacial score (nSPS) is 7.69. The Bertz CT molecular complexity index is 330. The van der Waals surface area contributed by atoms with E-state index in [1.54, 1.807) is 12.3 Å². The van der Waals surface area contributed by atoms with Crippen LogP contribution in [0.5, 0.6) is 0 Å². The van der Waals surface area contributed by atoms with Gasteiger partial charge in [0.15, 0.2) is 10.8 Å². The Labute approximate surface area is 83.0 Å². The van der Waals surface area contributed by atoms with E-state index in [1.807, 2.05) is 13.8 Å². The number of hydrogen-bond donors (Lipinski definition) is 0. The lowest BCUT2D eigenvalue weighted by atomic mass is 10.4. The minimum Gasteiger partial charge on any atom is -0.293 e. The molecule has 1 aromatic rings. The monoisotopic (exact) mass is 195 g/mol. The SMILES string of the molecule is CC.CC#Cc1nc(C(C)=O)cs1. The van der Waals surface area contributed by atoms with Gasteiger partial charge in [0, 0.05) is 12.3 Å². The van der Waals surface area contributed by atoms with Crippen molar-refractivity contribution >= 4 is 17.1 Å². The van der Waals surface area contributed by atoms with Gasteiger partial charge >= 0.3 is 0 Å². The van der Waals surface area contributed by atoms with Gasteiger partial charge < -0.3 is 0 Å². The van der Waals surface area contributed by atoms with Crippen LogP contribution in [-0.2, 0) is 0 Å². The van der Waals surface area contributed by atoms with Crippen molar-refractivity contribution < 1.29 is 4.79 Å². The van der Waals surface area contributed by atoms with Crippen LogP contribution in [-0.4, -0.2) is 10.8 Å². The van der Waals surface area contributed by atoms with Gasteiger partial charge in [-0.15, -0.1) is 11.3 Å². The average Bonchev–Trinajstić information content (AvgIpc) is 2.57. The van der Waals surface area contributed by atoms with Gasteiger partial charge in [-0.3, -0.25) is 4.79 Å². The predicted molar refractivity (Wildman–Crippen MR) is 56.0 cm³/mol. The van der Waals surface area contributed by atoms with E-state index in [0.717, 1.165) is 0 Å². The highest BCUT2D eigenvalue weighted by atomic mass is 32.1. The Kier molecular flexibility index (Phi) is 5.82. The van der Waals surface area contributed by atoms with Gasteiger partial charge in [0.1, 0.15) is 5.69 Å². The van der Waals surface area contributed by atoms with Gasteiger partial charge in [0.2, 0.25) is 0 Å². The molecule has 0 fully saturated rings. The molecule has 0 N–H and O–H groups in total. The van der Waals surface area contributed by atoms with Crippen molar-refractivity contribution in [2.45, 2.75) is 27.7 Å². The van der Waals surface area contributed by atoms with E-state index >= 15 is 0 Å². The molecule has 1 heterocycles. The fourth-order valence-corrected chi connectivity index (χ4v) is 1.35. The zero-order chi connectivity index (χ0) is 10.3. The third-order valence-electron chi connectivity index (χ3n) is 1.10. The largest absolute Gasteiger partial charge is 0.293 e. The number of rotatable bonds is 1. The summed E-state index contributed by atoms with van der Waals surface area (Å²) in [6.45, 7) is 7.24.